The molecule has 2 rings (SSSR count). The lowest BCUT2D eigenvalue weighted by molar-refractivity contribution is 1.13. The molecular formula is C14H13N3S. The van der Waals surface area contributed by atoms with Crippen LogP contribution in [-0.4, -0.2) is 19.1 Å². The first kappa shape index (κ1) is 12.3. The molecule has 2 aromatic rings. The number of hydrogen-bond donors (Lipinski definition) is 1. The van der Waals surface area contributed by atoms with Crippen molar-refractivity contribution in [1.82, 2.24) is 4.98 Å². The highest BCUT2D eigenvalue weighted by Crippen LogP contribution is 2.21. The maximum absolute atomic E-state index is 8.84. The van der Waals surface area contributed by atoms with E-state index in [0.29, 0.717) is 10.2 Å². The zero-order valence-corrected chi connectivity index (χ0v) is 11.1. The van der Waals surface area contributed by atoms with Gasteiger partial charge in [0.1, 0.15) is 10.7 Å². The summed E-state index contributed by atoms with van der Waals surface area (Å²) in [6, 6.07) is 13.8. The minimum atomic E-state index is 0.478. The number of anilines is 1. The van der Waals surface area contributed by atoms with E-state index in [2.05, 4.69) is 11.1 Å². The molecule has 0 bridgehead atoms. The molecule has 4 heteroatoms. The van der Waals surface area contributed by atoms with Crippen LogP contribution >= 0.6 is 12.2 Å². The molecule has 0 fully saturated rings. The van der Waals surface area contributed by atoms with E-state index in [1.54, 1.807) is 6.07 Å². The molecule has 0 spiro atoms. The van der Waals surface area contributed by atoms with Crippen LogP contribution in [0.5, 0.6) is 0 Å². The van der Waals surface area contributed by atoms with E-state index in [1.807, 2.05) is 49.3 Å². The smallest absolute Gasteiger partial charge is 0.121 e. The highest BCUT2D eigenvalue weighted by molar-refractivity contribution is 7.71. The normalized spacial score (nSPS) is 9.83. The molecule has 1 heterocycles. The molecule has 1 aromatic heterocycles. The maximum Gasteiger partial charge on any atom is 0.121 e. The topological polar surface area (TPSA) is 42.8 Å². The van der Waals surface area contributed by atoms with Gasteiger partial charge in [-0.2, -0.15) is 5.26 Å². The van der Waals surface area contributed by atoms with Crippen LogP contribution < -0.4 is 4.90 Å². The Bertz CT molecular complexity index is 648. The van der Waals surface area contributed by atoms with E-state index in [1.165, 1.54) is 0 Å². The fourth-order valence-corrected chi connectivity index (χ4v) is 1.89. The summed E-state index contributed by atoms with van der Waals surface area (Å²) in [4.78, 5) is 5.12. The van der Waals surface area contributed by atoms with Crippen molar-refractivity contribution in [2.24, 2.45) is 0 Å². The van der Waals surface area contributed by atoms with E-state index >= 15 is 0 Å². The minimum Gasteiger partial charge on any atom is -0.378 e. The maximum atomic E-state index is 8.84. The number of hydrogen-bond acceptors (Lipinski definition) is 3. The highest BCUT2D eigenvalue weighted by Gasteiger charge is 2.01. The van der Waals surface area contributed by atoms with Crippen LogP contribution in [0.1, 0.15) is 5.56 Å². The summed E-state index contributed by atoms with van der Waals surface area (Å²) >= 11 is 5.12. The predicted octanol–water partition coefficient (Wildman–Crippen LogP) is 3.35. The summed E-state index contributed by atoms with van der Waals surface area (Å²) in [5.41, 5.74) is 3.62. The van der Waals surface area contributed by atoms with Gasteiger partial charge in [0.15, 0.2) is 0 Å². The van der Waals surface area contributed by atoms with Gasteiger partial charge in [-0.25, -0.2) is 0 Å². The third-order valence-corrected chi connectivity index (χ3v) is 3.05. The second-order valence-corrected chi connectivity index (χ2v) is 4.58. The van der Waals surface area contributed by atoms with Crippen molar-refractivity contribution in [3.63, 3.8) is 0 Å². The van der Waals surface area contributed by atoms with Crippen molar-refractivity contribution >= 4 is 17.9 Å². The van der Waals surface area contributed by atoms with E-state index < -0.39 is 0 Å². The summed E-state index contributed by atoms with van der Waals surface area (Å²) < 4.78 is 0.478. The van der Waals surface area contributed by atoms with Gasteiger partial charge in [0.25, 0.3) is 0 Å². The SMILES string of the molecule is CN(C)c1ccc(-c2ccc(C#N)c(=S)[nH]2)cc1. The predicted molar refractivity (Wildman–Crippen MR) is 76.1 cm³/mol. The Balaban J connectivity index is 2.41. The van der Waals surface area contributed by atoms with Crippen LogP contribution in [0.15, 0.2) is 36.4 Å². The number of rotatable bonds is 2. The number of benzene rings is 1. The fourth-order valence-electron chi connectivity index (χ4n) is 1.67. The number of nitrogens with one attached hydrogen (secondary N) is 1. The summed E-state index contributed by atoms with van der Waals surface area (Å²) in [6.07, 6.45) is 0. The monoisotopic (exact) mass is 255 g/mol. The van der Waals surface area contributed by atoms with Crippen molar-refractivity contribution < 1.29 is 0 Å². The van der Waals surface area contributed by atoms with Gasteiger partial charge in [-0.15, -0.1) is 0 Å². The molecule has 0 unspecified atom stereocenters. The average Bonchev–Trinajstić information content (AvgIpc) is 2.38. The van der Waals surface area contributed by atoms with Gasteiger partial charge in [0.05, 0.1) is 5.56 Å². The van der Waals surface area contributed by atoms with Gasteiger partial charge in [0.2, 0.25) is 0 Å². The summed E-state index contributed by atoms with van der Waals surface area (Å²) in [7, 11) is 4.01. The minimum absolute atomic E-state index is 0.478. The first-order valence-electron chi connectivity index (χ1n) is 5.53. The van der Waals surface area contributed by atoms with Crippen molar-refractivity contribution in [2.75, 3.05) is 19.0 Å². The summed E-state index contributed by atoms with van der Waals surface area (Å²) in [6.45, 7) is 0. The van der Waals surface area contributed by atoms with E-state index in [-0.39, 0.29) is 0 Å². The molecule has 1 aromatic carbocycles. The molecule has 0 aliphatic carbocycles. The average molecular weight is 255 g/mol. The summed E-state index contributed by atoms with van der Waals surface area (Å²) in [5, 5.41) is 8.84. The second kappa shape index (κ2) is 5.03. The Hall–Kier alpha value is -2.12. The first-order valence-corrected chi connectivity index (χ1v) is 5.94. The van der Waals surface area contributed by atoms with E-state index in [9.17, 15) is 0 Å². The molecule has 0 amide bonds. The van der Waals surface area contributed by atoms with Crippen LogP contribution in [0.2, 0.25) is 0 Å². The van der Waals surface area contributed by atoms with Crippen LogP contribution in [0.4, 0.5) is 5.69 Å². The van der Waals surface area contributed by atoms with E-state index in [4.69, 9.17) is 17.5 Å². The number of aromatic amines is 1. The quantitative estimate of drug-likeness (QED) is 0.837. The van der Waals surface area contributed by atoms with Gasteiger partial charge in [-0.05, 0) is 29.8 Å². The van der Waals surface area contributed by atoms with Gasteiger partial charge in [-0.1, -0.05) is 24.4 Å². The molecule has 90 valence electrons. The number of H-pyrrole nitrogens is 1. The Morgan fingerprint density at radius 3 is 2.28 bits per heavy atom. The third kappa shape index (κ3) is 2.41. The lowest BCUT2D eigenvalue weighted by Gasteiger charge is -2.12. The Labute approximate surface area is 111 Å². The zero-order valence-electron chi connectivity index (χ0n) is 10.3. The second-order valence-electron chi connectivity index (χ2n) is 4.17. The van der Waals surface area contributed by atoms with Crippen molar-refractivity contribution in [2.45, 2.75) is 0 Å². The Kier molecular flexibility index (Phi) is 3.45. The lowest BCUT2D eigenvalue weighted by Crippen LogP contribution is -2.07. The molecule has 0 aliphatic heterocycles. The number of nitrogens with zero attached hydrogens (tertiary/aromatic N) is 2. The lowest BCUT2D eigenvalue weighted by atomic mass is 10.1. The molecule has 0 saturated carbocycles. The molecule has 1 N–H and O–H groups in total. The van der Waals surface area contributed by atoms with Gasteiger partial charge >= 0.3 is 0 Å². The van der Waals surface area contributed by atoms with Crippen molar-refractivity contribution in [3.05, 3.63) is 46.6 Å². The molecule has 0 aliphatic rings. The largest absolute Gasteiger partial charge is 0.378 e. The van der Waals surface area contributed by atoms with Crippen LogP contribution in [0.3, 0.4) is 0 Å². The number of pyridine rings is 1. The van der Waals surface area contributed by atoms with Crippen LogP contribution in [0, 0.1) is 16.0 Å². The molecular weight excluding hydrogens is 242 g/mol. The highest BCUT2D eigenvalue weighted by atomic mass is 32.1. The molecule has 0 saturated heterocycles. The van der Waals surface area contributed by atoms with Gasteiger partial charge in [-0.3, -0.25) is 0 Å². The van der Waals surface area contributed by atoms with Crippen LogP contribution in [-0.2, 0) is 0 Å². The van der Waals surface area contributed by atoms with Gasteiger partial charge < -0.3 is 9.88 Å². The Morgan fingerprint density at radius 1 is 1.11 bits per heavy atom. The number of nitriles is 1. The summed E-state index contributed by atoms with van der Waals surface area (Å²) in [5.74, 6) is 0. The van der Waals surface area contributed by atoms with Gasteiger partial charge in [0, 0.05) is 25.5 Å². The zero-order chi connectivity index (χ0) is 13.1. The molecule has 0 radical (unpaired) electrons. The van der Waals surface area contributed by atoms with Crippen molar-refractivity contribution in [1.29, 1.82) is 5.26 Å². The molecule has 18 heavy (non-hydrogen) atoms. The Morgan fingerprint density at radius 2 is 1.78 bits per heavy atom. The third-order valence-electron chi connectivity index (χ3n) is 2.72. The molecule has 3 nitrogen and oxygen atoms in total. The van der Waals surface area contributed by atoms with E-state index in [0.717, 1.165) is 16.9 Å². The van der Waals surface area contributed by atoms with Crippen LogP contribution in [0.25, 0.3) is 11.3 Å². The molecule has 0 atom stereocenters. The number of aromatic nitrogens is 1. The first-order chi connectivity index (χ1) is 8.61. The standard InChI is InChI=1S/C14H13N3S/c1-17(2)12-6-3-10(4-7-12)13-8-5-11(9-15)14(18)16-13/h3-8H,1-2H3,(H,16,18). The fraction of sp³-hybridized carbons (Fsp3) is 0.143. The van der Waals surface area contributed by atoms with Crippen molar-refractivity contribution in [3.8, 4) is 17.3 Å².